The van der Waals surface area contributed by atoms with E-state index in [0.717, 1.165) is 4.90 Å². The molecule has 0 aliphatic carbocycles. The first-order valence-corrected chi connectivity index (χ1v) is 9.63. The number of nitrogens with one attached hydrogen (secondary N) is 1. The van der Waals surface area contributed by atoms with Gasteiger partial charge in [0.25, 0.3) is 11.8 Å². The maximum Gasteiger partial charge on any atom is 0.263 e. The van der Waals surface area contributed by atoms with Crippen molar-refractivity contribution >= 4 is 40.7 Å². The van der Waals surface area contributed by atoms with Gasteiger partial charge in [0.2, 0.25) is 5.91 Å². The Balaban J connectivity index is 1.48. The van der Waals surface area contributed by atoms with Gasteiger partial charge in [-0.25, -0.2) is 4.90 Å². The lowest BCUT2D eigenvalue weighted by atomic mass is 10.1. The molecule has 0 bridgehead atoms. The molecule has 4 rings (SSSR count). The fraction of sp³-hybridized carbons (Fsp3) is 0.250. The van der Waals surface area contributed by atoms with Crippen LogP contribution in [-0.2, 0) is 14.4 Å². The summed E-state index contributed by atoms with van der Waals surface area (Å²) in [5.41, 5.74) is 0.814. The highest BCUT2D eigenvalue weighted by atomic mass is 35.5. The maximum atomic E-state index is 12.9. The standard InChI is InChI=1S/C20H18ClN5O5/c1-30-13-7-8-14(15(9-13)31-2)22-16(27)10-25-18-17(23-24-25)19(28)26(20(18)29)12-5-3-11(21)4-6-12/h3-9,17-18H,10H2,1-2H3,(H,22,27)/t17-,18-/m1/s1. The molecular formula is C20H18ClN5O5. The summed E-state index contributed by atoms with van der Waals surface area (Å²) in [6, 6.07) is 9.28. The molecule has 1 fully saturated rings. The van der Waals surface area contributed by atoms with E-state index < -0.39 is 29.8 Å². The lowest BCUT2D eigenvalue weighted by Gasteiger charge is -2.20. The summed E-state index contributed by atoms with van der Waals surface area (Å²) in [6.45, 7) is -0.271. The smallest absolute Gasteiger partial charge is 0.263 e. The van der Waals surface area contributed by atoms with Crippen molar-refractivity contribution in [2.45, 2.75) is 12.1 Å². The molecule has 0 unspecified atom stereocenters. The predicted molar refractivity (Wildman–Crippen MR) is 111 cm³/mol. The summed E-state index contributed by atoms with van der Waals surface area (Å²) in [6.07, 6.45) is 0. The third-order valence-electron chi connectivity index (χ3n) is 4.93. The molecule has 2 aromatic rings. The minimum absolute atomic E-state index is 0.271. The molecular weight excluding hydrogens is 426 g/mol. The number of methoxy groups -OCH3 is 2. The van der Waals surface area contributed by atoms with Crippen LogP contribution in [0, 0.1) is 0 Å². The van der Waals surface area contributed by atoms with Crippen LogP contribution >= 0.6 is 11.6 Å². The van der Waals surface area contributed by atoms with E-state index in [1.165, 1.54) is 19.2 Å². The number of ether oxygens (including phenoxy) is 2. The molecule has 3 amide bonds. The van der Waals surface area contributed by atoms with Crippen molar-refractivity contribution in [1.29, 1.82) is 0 Å². The van der Waals surface area contributed by atoms with E-state index in [-0.39, 0.29) is 6.54 Å². The quantitative estimate of drug-likeness (QED) is 0.685. The average molecular weight is 444 g/mol. The number of anilines is 2. The minimum atomic E-state index is -0.994. The van der Waals surface area contributed by atoms with Crippen LogP contribution in [0.1, 0.15) is 0 Å². The molecule has 1 saturated heterocycles. The number of amides is 3. The Bertz CT molecular complexity index is 1070. The summed E-state index contributed by atoms with van der Waals surface area (Å²) in [4.78, 5) is 39.3. The number of rotatable bonds is 6. The van der Waals surface area contributed by atoms with Gasteiger partial charge in [-0.2, -0.15) is 5.11 Å². The minimum Gasteiger partial charge on any atom is -0.497 e. The van der Waals surface area contributed by atoms with Gasteiger partial charge in [0.05, 0.1) is 25.6 Å². The Morgan fingerprint density at radius 1 is 1.10 bits per heavy atom. The fourth-order valence-corrected chi connectivity index (χ4v) is 3.56. The van der Waals surface area contributed by atoms with E-state index in [1.807, 2.05) is 0 Å². The van der Waals surface area contributed by atoms with Crippen LogP contribution in [-0.4, -0.2) is 55.6 Å². The number of imide groups is 1. The number of benzene rings is 2. The molecule has 160 valence electrons. The fourth-order valence-electron chi connectivity index (χ4n) is 3.44. The van der Waals surface area contributed by atoms with Crippen LogP contribution in [0.5, 0.6) is 11.5 Å². The van der Waals surface area contributed by atoms with Crippen molar-refractivity contribution in [3.8, 4) is 11.5 Å². The van der Waals surface area contributed by atoms with E-state index in [2.05, 4.69) is 15.7 Å². The molecule has 0 saturated carbocycles. The zero-order valence-electron chi connectivity index (χ0n) is 16.6. The molecule has 2 heterocycles. The maximum absolute atomic E-state index is 12.9. The van der Waals surface area contributed by atoms with Gasteiger partial charge >= 0.3 is 0 Å². The van der Waals surface area contributed by atoms with E-state index in [0.29, 0.717) is 27.9 Å². The van der Waals surface area contributed by atoms with Crippen molar-refractivity contribution < 1.29 is 23.9 Å². The first kappa shape index (κ1) is 20.6. The average Bonchev–Trinajstić information content (AvgIpc) is 3.28. The Morgan fingerprint density at radius 3 is 2.52 bits per heavy atom. The van der Waals surface area contributed by atoms with E-state index in [4.69, 9.17) is 21.1 Å². The van der Waals surface area contributed by atoms with Gasteiger partial charge in [0, 0.05) is 11.1 Å². The van der Waals surface area contributed by atoms with Gasteiger partial charge in [-0.1, -0.05) is 16.8 Å². The van der Waals surface area contributed by atoms with Crippen molar-refractivity contribution in [1.82, 2.24) is 5.01 Å². The third kappa shape index (κ3) is 3.77. The highest BCUT2D eigenvalue weighted by Crippen LogP contribution is 2.33. The molecule has 1 N–H and O–H groups in total. The number of carbonyl (C=O) groups is 3. The van der Waals surface area contributed by atoms with Gasteiger partial charge in [0.15, 0.2) is 12.1 Å². The van der Waals surface area contributed by atoms with Gasteiger partial charge in [-0.15, -0.1) is 0 Å². The number of fused-ring (bicyclic) bond motifs is 1. The zero-order valence-corrected chi connectivity index (χ0v) is 17.4. The molecule has 2 aliphatic heterocycles. The first-order valence-electron chi connectivity index (χ1n) is 9.25. The molecule has 10 nitrogen and oxygen atoms in total. The van der Waals surface area contributed by atoms with Crippen LogP contribution in [0.4, 0.5) is 11.4 Å². The Morgan fingerprint density at radius 2 is 1.84 bits per heavy atom. The molecule has 31 heavy (non-hydrogen) atoms. The third-order valence-corrected chi connectivity index (χ3v) is 5.18. The topological polar surface area (TPSA) is 113 Å². The summed E-state index contributed by atoms with van der Waals surface area (Å²) in [5.74, 6) is -0.468. The Hall–Kier alpha value is -3.66. The molecule has 11 heteroatoms. The van der Waals surface area contributed by atoms with Gasteiger partial charge in [-0.05, 0) is 36.4 Å². The number of halogens is 1. The highest BCUT2D eigenvalue weighted by Gasteiger charge is 2.55. The van der Waals surface area contributed by atoms with Gasteiger partial charge in [-0.3, -0.25) is 19.4 Å². The monoisotopic (exact) mass is 443 g/mol. The number of carbonyl (C=O) groups excluding carboxylic acids is 3. The number of hydrogen-bond donors (Lipinski definition) is 1. The second kappa shape index (κ2) is 8.23. The lowest BCUT2D eigenvalue weighted by molar-refractivity contribution is -0.123. The molecule has 0 aromatic heterocycles. The Kier molecular flexibility index (Phi) is 5.47. The molecule has 2 aliphatic rings. The van der Waals surface area contributed by atoms with Crippen molar-refractivity contribution in [3.05, 3.63) is 47.5 Å². The second-order valence-corrected chi connectivity index (χ2v) is 7.23. The van der Waals surface area contributed by atoms with Crippen molar-refractivity contribution in [3.63, 3.8) is 0 Å². The van der Waals surface area contributed by atoms with Crippen LogP contribution in [0.3, 0.4) is 0 Å². The van der Waals surface area contributed by atoms with Gasteiger partial charge in [0.1, 0.15) is 18.0 Å². The molecule has 2 aromatic carbocycles. The van der Waals surface area contributed by atoms with E-state index in [1.54, 1.807) is 42.5 Å². The molecule has 0 spiro atoms. The second-order valence-electron chi connectivity index (χ2n) is 6.79. The normalized spacial score (nSPS) is 19.6. The number of nitrogens with zero attached hydrogens (tertiary/aromatic N) is 4. The van der Waals surface area contributed by atoms with Crippen molar-refractivity contribution in [2.24, 2.45) is 10.3 Å². The molecule has 2 atom stereocenters. The van der Waals surface area contributed by atoms with Crippen molar-refractivity contribution in [2.75, 3.05) is 31.0 Å². The van der Waals surface area contributed by atoms with Gasteiger partial charge < -0.3 is 14.8 Å². The van der Waals surface area contributed by atoms with Crippen LogP contribution in [0.25, 0.3) is 0 Å². The van der Waals surface area contributed by atoms with Crippen LogP contribution in [0.15, 0.2) is 52.8 Å². The zero-order chi connectivity index (χ0) is 22.1. The van der Waals surface area contributed by atoms with Crippen LogP contribution < -0.4 is 19.7 Å². The number of hydrogen-bond acceptors (Lipinski definition) is 8. The molecule has 0 radical (unpaired) electrons. The Labute approximate surface area is 182 Å². The lowest BCUT2D eigenvalue weighted by Crippen LogP contribution is -2.43. The summed E-state index contributed by atoms with van der Waals surface area (Å²) in [5, 5.41) is 12.2. The summed E-state index contributed by atoms with van der Waals surface area (Å²) in [7, 11) is 2.99. The SMILES string of the molecule is COc1ccc(NC(=O)CN2N=N[C@H]3C(=O)N(c4ccc(Cl)cc4)C(=O)[C@@H]32)c(OC)c1. The summed E-state index contributed by atoms with van der Waals surface area (Å²) < 4.78 is 10.4. The summed E-state index contributed by atoms with van der Waals surface area (Å²) >= 11 is 5.88. The predicted octanol–water partition coefficient (Wildman–Crippen LogP) is 2.29. The largest absolute Gasteiger partial charge is 0.497 e. The highest BCUT2D eigenvalue weighted by molar-refractivity contribution is 6.31. The van der Waals surface area contributed by atoms with E-state index in [9.17, 15) is 14.4 Å². The van der Waals surface area contributed by atoms with E-state index >= 15 is 0 Å². The van der Waals surface area contributed by atoms with Crippen LogP contribution in [0.2, 0.25) is 5.02 Å². The first-order chi connectivity index (χ1) is 14.9.